The van der Waals surface area contributed by atoms with E-state index >= 15 is 0 Å². The first-order valence-electron chi connectivity index (χ1n) is 8.18. The van der Waals surface area contributed by atoms with E-state index in [1.165, 1.54) is 24.0 Å². The molecule has 3 heteroatoms. The van der Waals surface area contributed by atoms with Crippen LogP contribution in [0, 0.1) is 0 Å². The molecular formula is C18H28N2O. The highest BCUT2D eigenvalue weighted by atomic mass is 16.5. The molecule has 2 aliphatic rings. The van der Waals surface area contributed by atoms with Gasteiger partial charge in [0.15, 0.2) is 0 Å². The maximum atomic E-state index is 6.34. The molecule has 0 spiro atoms. The Labute approximate surface area is 128 Å². The normalized spacial score (nSPS) is 32.7. The molecule has 1 aromatic carbocycles. The Kier molecular flexibility index (Phi) is 3.85. The van der Waals surface area contributed by atoms with E-state index in [0.717, 1.165) is 19.5 Å². The lowest BCUT2D eigenvalue weighted by Gasteiger charge is -2.53. The monoisotopic (exact) mass is 288 g/mol. The second-order valence-electron chi connectivity index (χ2n) is 7.32. The maximum absolute atomic E-state index is 6.34. The molecule has 1 aromatic rings. The number of nitrogens with two attached hydrogens (primary N) is 1. The first kappa shape index (κ1) is 15.0. The second-order valence-corrected chi connectivity index (χ2v) is 7.32. The molecule has 21 heavy (non-hydrogen) atoms. The molecule has 116 valence electrons. The standard InChI is InChI=1S/C18H28N2O/c1-14-11-20(13-17(2,3)21-14)18(12-19)10-6-8-15-7-4-5-9-16(15)18/h4-5,7,9,14H,6,8,10-13,19H2,1-3H3. The van der Waals surface area contributed by atoms with Gasteiger partial charge in [-0.2, -0.15) is 0 Å². The number of rotatable bonds is 2. The Morgan fingerprint density at radius 3 is 2.81 bits per heavy atom. The van der Waals surface area contributed by atoms with Crippen LogP contribution >= 0.6 is 0 Å². The van der Waals surface area contributed by atoms with Crippen LogP contribution in [0.15, 0.2) is 24.3 Å². The third-order valence-corrected chi connectivity index (χ3v) is 5.07. The van der Waals surface area contributed by atoms with Crippen LogP contribution in [0.25, 0.3) is 0 Å². The fourth-order valence-corrected chi connectivity index (χ4v) is 4.35. The number of nitrogens with zero attached hydrogens (tertiary/aromatic N) is 1. The predicted octanol–water partition coefficient (Wildman–Crippen LogP) is 2.68. The average Bonchev–Trinajstić information content (AvgIpc) is 2.44. The number of benzene rings is 1. The van der Waals surface area contributed by atoms with Crippen molar-refractivity contribution in [1.29, 1.82) is 0 Å². The summed E-state index contributed by atoms with van der Waals surface area (Å²) in [4.78, 5) is 2.60. The van der Waals surface area contributed by atoms with Crippen LogP contribution in [-0.4, -0.2) is 36.2 Å². The average molecular weight is 288 g/mol. The smallest absolute Gasteiger partial charge is 0.0757 e. The molecule has 0 bridgehead atoms. The summed E-state index contributed by atoms with van der Waals surface area (Å²) >= 11 is 0. The van der Waals surface area contributed by atoms with Gasteiger partial charge in [-0.05, 0) is 51.2 Å². The molecule has 0 saturated carbocycles. The summed E-state index contributed by atoms with van der Waals surface area (Å²) in [7, 11) is 0. The Bertz CT molecular complexity index is 514. The number of hydrogen-bond donors (Lipinski definition) is 1. The number of fused-ring (bicyclic) bond motifs is 1. The van der Waals surface area contributed by atoms with E-state index in [9.17, 15) is 0 Å². The summed E-state index contributed by atoms with van der Waals surface area (Å²) in [5.74, 6) is 0. The molecule has 0 radical (unpaired) electrons. The number of hydrogen-bond acceptors (Lipinski definition) is 3. The molecule has 1 saturated heterocycles. The number of aryl methyl sites for hydroxylation is 1. The van der Waals surface area contributed by atoms with Crippen LogP contribution in [0.5, 0.6) is 0 Å². The van der Waals surface area contributed by atoms with Crippen molar-refractivity contribution in [2.45, 2.75) is 57.3 Å². The molecular weight excluding hydrogens is 260 g/mol. The van der Waals surface area contributed by atoms with E-state index in [0.29, 0.717) is 6.54 Å². The van der Waals surface area contributed by atoms with Crippen LogP contribution in [-0.2, 0) is 16.7 Å². The molecule has 1 aliphatic carbocycles. The first-order chi connectivity index (χ1) is 9.97. The van der Waals surface area contributed by atoms with Gasteiger partial charge in [0.1, 0.15) is 0 Å². The molecule has 1 heterocycles. The molecule has 1 aliphatic heterocycles. The molecule has 3 rings (SSSR count). The van der Waals surface area contributed by atoms with Crippen LogP contribution < -0.4 is 5.73 Å². The third kappa shape index (κ3) is 2.63. The molecule has 0 aromatic heterocycles. The Hall–Kier alpha value is -0.900. The molecule has 2 unspecified atom stereocenters. The number of ether oxygens (including phenoxy) is 1. The van der Waals surface area contributed by atoms with Crippen molar-refractivity contribution in [3.05, 3.63) is 35.4 Å². The van der Waals surface area contributed by atoms with Gasteiger partial charge in [0, 0.05) is 19.6 Å². The topological polar surface area (TPSA) is 38.5 Å². The zero-order valence-electron chi connectivity index (χ0n) is 13.6. The highest BCUT2D eigenvalue weighted by Crippen LogP contribution is 2.41. The van der Waals surface area contributed by atoms with E-state index in [-0.39, 0.29) is 17.2 Å². The minimum atomic E-state index is -0.105. The SMILES string of the molecule is CC1CN(C2(CN)CCCc3ccccc32)CC(C)(C)O1. The van der Waals surface area contributed by atoms with Gasteiger partial charge in [0.05, 0.1) is 17.2 Å². The largest absolute Gasteiger partial charge is 0.370 e. The highest BCUT2D eigenvalue weighted by Gasteiger charge is 2.45. The Morgan fingerprint density at radius 2 is 2.10 bits per heavy atom. The fraction of sp³-hybridized carbons (Fsp3) is 0.667. The van der Waals surface area contributed by atoms with E-state index in [1.54, 1.807) is 0 Å². The van der Waals surface area contributed by atoms with Crippen LogP contribution in [0.1, 0.15) is 44.7 Å². The summed E-state index contributed by atoms with van der Waals surface area (Å²) in [5, 5.41) is 0. The fourth-order valence-electron chi connectivity index (χ4n) is 4.35. The molecule has 3 nitrogen and oxygen atoms in total. The van der Waals surface area contributed by atoms with Gasteiger partial charge < -0.3 is 10.5 Å². The van der Waals surface area contributed by atoms with Gasteiger partial charge in [-0.1, -0.05) is 24.3 Å². The van der Waals surface area contributed by atoms with E-state index in [4.69, 9.17) is 10.5 Å². The summed E-state index contributed by atoms with van der Waals surface area (Å²) in [6.07, 6.45) is 3.82. The minimum absolute atomic E-state index is 0.00977. The van der Waals surface area contributed by atoms with Crippen LogP contribution in [0.4, 0.5) is 0 Å². The highest BCUT2D eigenvalue weighted by molar-refractivity contribution is 5.37. The van der Waals surface area contributed by atoms with Gasteiger partial charge in [-0.3, -0.25) is 4.90 Å². The van der Waals surface area contributed by atoms with Crippen molar-refractivity contribution in [2.24, 2.45) is 5.73 Å². The zero-order valence-corrected chi connectivity index (χ0v) is 13.6. The quantitative estimate of drug-likeness (QED) is 0.909. The lowest BCUT2D eigenvalue weighted by atomic mass is 9.74. The van der Waals surface area contributed by atoms with Crippen molar-refractivity contribution in [3.8, 4) is 0 Å². The summed E-state index contributed by atoms with van der Waals surface area (Å²) in [5.41, 5.74) is 9.15. The molecule has 2 atom stereocenters. The van der Waals surface area contributed by atoms with Crippen LogP contribution in [0.2, 0.25) is 0 Å². The third-order valence-electron chi connectivity index (χ3n) is 5.07. The molecule has 1 fully saturated rings. The second kappa shape index (κ2) is 5.38. The van der Waals surface area contributed by atoms with Crippen LogP contribution in [0.3, 0.4) is 0 Å². The van der Waals surface area contributed by atoms with Crippen molar-refractivity contribution in [3.63, 3.8) is 0 Å². The summed E-state index contributed by atoms with van der Waals surface area (Å²) < 4.78 is 6.09. The van der Waals surface area contributed by atoms with Gasteiger partial charge in [-0.25, -0.2) is 0 Å². The van der Waals surface area contributed by atoms with Gasteiger partial charge in [0.2, 0.25) is 0 Å². The lowest BCUT2D eigenvalue weighted by Crippen LogP contribution is -2.62. The van der Waals surface area contributed by atoms with Crippen molar-refractivity contribution < 1.29 is 4.74 Å². The van der Waals surface area contributed by atoms with Crippen molar-refractivity contribution >= 4 is 0 Å². The zero-order chi connectivity index (χ0) is 15.1. The summed E-state index contributed by atoms with van der Waals surface area (Å²) in [6.45, 7) is 9.15. The van der Waals surface area contributed by atoms with E-state index in [1.807, 2.05) is 0 Å². The van der Waals surface area contributed by atoms with E-state index in [2.05, 4.69) is 49.9 Å². The van der Waals surface area contributed by atoms with Gasteiger partial charge in [-0.15, -0.1) is 0 Å². The first-order valence-corrected chi connectivity index (χ1v) is 8.18. The Balaban J connectivity index is 2.01. The number of morpholine rings is 1. The maximum Gasteiger partial charge on any atom is 0.0757 e. The van der Waals surface area contributed by atoms with Crippen molar-refractivity contribution in [2.75, 3.05) is 19.6 Å². The molecule has 2 N–H and O–H groups in total. The Morgan fingerprint density at radius 1 is 1.33 bits per heavy atom. The van der Waals surface area contributed by atoms with E-state index < -0.39 is 0 Å². The molecule has 0 amide bonds. The summed E-state index contributed by atoms with van der Waals surface area (Å²) in [6, 6.07) is 8.86. The predicted molar refractivity (Wildman–Crippen MR) is 86.3 cm³/mol. The minimum Gasteiger partial charge on any atom is -0.370 e. The lowest BCUT2D eigenvalue weighted by molar-refractivity contribution is -0.156. The van der Waals surface area contributed by atoms with Gasteiger partial charge in [0.25, 0.3) is 0 Å². The van der Waals surface area contributed by atoms with Crippen molar-refractivity contribution in [1.82, 2.24) is 4.90 Å². The van der Waals surface area contributed by atoms with Gasteiger partial charge >= 0.3 is 0 Å².